The standard InChI is InChI=1S/C18H19F3N2O3S/c1-17(2,3)16(24)22-13-7-5-9-15(11-13)27(25,26)23-14-8-4-6-12(10-14)18(19,20)21/h4-11,23H,1-3H3,(H,22,24). The summed E-state index contributed by atoms with van der Waals surface area (Å²) in [6.07, 6.45) is -4.58. The van der Waals surface area contributed by atoms with Crippen molar-refractivity contribution in [3.8, 4) is 0 Å². The van der Waals surface area contributed by atoms with Crippen LogP contribution in [0.15, 0.2) is 53.4 Å². The first-order valence-electron chi connectivity index (χ1n) is 7.91. The fourth-order valence-corrected chi connectivity index (χ4v) is 3.13. The van der Waals surface area contributed by atoms with E-state index in [1.165, 1.54) is 30.3 Å². The molecule has 9 heteroatoms. The number of carbonyl (C=O) groups is 1. The highest BCUT2D eigenvalue weighted by molar-refractivity contribution is 7.92. The molecule has 0 aromatic heterocycles. The van der Waals surface area contributed by atoms with Crippen molar-refractivity contribution in [2.45, 2.75) is 31.8 Å². The highest BCUT2D eigenvalue weighted by Crippen LogP contribution is 2.31. The molecule has 2 aromatic carbocycles. The van der Waals surface area contributed by atoms with Crippen LogP contribution in [-0.2, 0) is 21.0 Å². The molecule has 5 nitrogen and oxygen atoms in total. The second kappa shape index (κ2) is 7.22. The molecule has 0 saturated heterocycles. The van der Waals surface area contributed by atoms with E-state index < -0.39 is 27.2 Å². The maximum atomic E-state index is 12.8. The molecule has 146 valence electrons. The Labute approximate surface area is 155 Å². The molecule has 2 rings (SSSR count). The number of sulfonamides is 1. The van der Waals surface area contributed by atoms with E-state index in [2.05, 4.69) is 10.0 Å². The maximum Gasteiger partial charge on any atom is 0.416 e. The molecule has 0 unspecified atom stereocenters. The van der Waals surface area contributed by atoms with Gasteiger partial charge >= 0.3 is 6.18 Å². The molecule has 2 N–H and O–H groups in total. The van der Waals surface area contributed by atoms with Gasteiger partial charge in [0.05, 0.1) is 10.5 Å². The first-order valence-corrected chi connectivity index (χ1v) is 9.39. The zero-order valence-corrected chi connectivity index (χ0v) is 15.7. The molecule has 0 saturated carbocycles. The topological polar surface area (TPSA) is 75.3 Å². The largest absolute Gasteiger partial charge is 0.416 e. The van der Waals surface area contributed by atoms with Crippen molar-refractivity contribution in [1.82, 2.24) is 0 Å². The summed E-state index contributed by atoms with van der Waals surface area (Å²) in [6.45, 7) is 5.12. The van der Waals surface area contributed by atoms with Gasteiger partial charge in [-0.25, -0.2) is 8.42 Å². The molecule has 0 spiro atoms. The summed E-state index contributed by atoms with van der Waals surface area (Å²) in [7, 11) is -4.14. The molecular weight excluding hydrogens is 381 g/mol. The van der Waals surface area contributed by atoms with Crippen molar-refractivity contribution in [3.63, 3.8) is 0 Å². The molecule has 0 aliphatic carbocycles. The van der Waals surface area contributed by atoms with Gasteiger partial charge in [0.1, 0.15) is 0 Å². The Balaban J connectivity index is 2.27. The summed E-state index contributed by atoms with van der Waals surface area (Å²) in [5.74, 6) is -0.303. The Morgan fingerprint density at radius 1 is 0.926 bits per heavy atom. The average molecular weight is 400 g/mol. The third-order valence-corrected chi connectivity index (χ3v) is 4.90. The fraction of sp³-hybridized carbons (Fsp3) is 0.278. The van der Waals surface area contributed by atoms with Crippen molar-refractivity contribution in [3.05, 3.63) is 54.1 Å². The van der Waals surface area contributed by atoms with Crippen LogP contribution in [0.2, 0.25) is 0 Å². The van der Waals surface area contributed by atoms with Gasteiger partial charge < -0.3 is 5.32 Å². The lowest BCUT2D eigenvalue weighted by Gasteiger charge is -2.18. The molecule has 0 fully saturated rings. The third kappa shape index (κ3) is 5.46. The Kier molecular flexibility index (Phi) is 5.55. The molecule has 0 aliphatic heterocycles. The molecular formula is C18H19F3N2O3S. The second-order valence-electron chi connectivity index (χ2n) is 6.92. The summed E-state index contributed by atoms with van der Waals surface area (Å²) >= 11 is 0. The maximum absolute atomic E-state index is 12.8. The van der Waals surface area contributed by atoms with Crippen molar-refractivity contribution in [2.24, 2.45) is 5.41 Å². The zero-order chi connectivity index (χ0) is 20.5. The molecule has 0 atom stereocenters. The number of anilines is 2. The summed E-state index contributed by atoms with van der Waals surface area (Å²) in [5, 5.41) is 2.61. The van der Waals surface area contributed by atoms with Gasteiger partial charge in [-0.15, -0.1) is 0 Å². The number of hydrogen-bond acceptors (Lipinski definition) is 3. The summed E-state index contributed by atoms with van der Waals surface area (Å²) in [4.78, 5) is 11.8. The Morgan fingerprint density at radius 2 is 1.52 bits per heavy atom. The molecule has 0 aliphatic rings. The van der Waals surface area contributed by atoms with E-state index in [9.17, 15) is 26.4 Å². The summed E-state index contributed by atoms with van der Waals surface area (Å²) in [6, 6.07) is 9.36. The van der Waals surface area contributed by atoms with Crippen LogP contribution in [-0.4, -0.2) is 14.3 Å². The van der Waals surface area contributed by atoms with Crippen LogP contribution in [0.1, 0.15) is 26.3 Å². The minimum atomic E-state index is -4.58. The van der Waals surface area contributed by atoms with Gasteiger partial charge in [-0.05, 0) is 36.4 Å². The predicted molar refractivity (Wildman–Crippen MR) is 96.8 cm³/mol. The SMILES string of the molecule is CC(C)(C)C(=O)Nc1cccc(S(=O)(=O)Nc2cccc(C(F)(F)F)c2)c1. The molecule has 2 aromatic rings. The van der Waals surface area contributed by atoms with Gasteiger partial charge in [0.15, 0.2) is 0 Å². The normalized spacial score (nSPS) is 12.5. The number of alkyl halides is 3. The smallest absolute Gasteiger partial charge is 0.326 e. The van der Waals surface area contributed by atoms with Gasteiger partial charge in [-0.2, -0.15) is 13.2 Å². The van der Waals surface area contributed by atoms with Gasteiger partial charge in [-0.3, -0.25) is 9.52 Å². The first kappa shape index (κ1) is 20.8. The van der Waals surface area contributed by atoms with Crippen LogP contribution in [0, 0.1) is 5.41 Å². The monoisotopic (exact) mass is 400 g/mol. The van der Waals surface area contributed by atoms with Gasteiger partial charge in [0.2, 0.25) is 5.91 Å². The van der Waals surface area contributed by atoms with E-state index >= 15 is 0 Å². The van der Waals surface area contributed by atoms with E-state index in [0.29, 0.717) is 6.07 Å². The van der Waals surface area contributed by atoms with Crippen molar-refractivity contribution >= 4 is 27.3 Å². The number of halogens is 3. The first-order chi connectivity index (χ1) is 12.3. The van der Waals surface area contributed by atoms with Crippen LogP contribution in [0.5, 0.6) is 0 Å². The highest BCUT2D eigenvalue weighted by Gasteiger charge is 2.30. The minimum absolute atomic E-state index is 0.188. The van der Waals surface area contributed by atoms with Crippen LogP contribution < -0.4 is 10.0 Å². The number of hydrogen-bond donors (Lipinski definition) is 2. The Bertz CT molecular complexity index is 949. The quantitative estimate of drug-likeness (QED) is 0.794. The molecule has 27 heavy (non-hydrogen) atoms. The second-order valence-corrected chi connectivity index (χ2v) is 8.60. The van der Waals surface area contributed by atoms with Crippen LogP contribution >= 0.6 is 0 Å². The van der Waals surface area contributed by atoms with Crippen LogP contribution in [0.25, 0.3) is 0 Å². The lowest BCUT2D eigenvalue weighted by molar-refractivity contribution is -0.137. The van der Waals surface area contributed by atoms with Crippen molar-refractivity contribution in [2.75, 3.05) is 10.0 Å². The molecule has 1 amide bonds. The Morgan fingerprint density at radius 3 is 2.11 bits per heavy atom. The third-order valence-electron chi connectivity index (χ3n) is 3.53. The van der Waals surface area contributed by atoms with Crippen molar-refractivity contribution < 1.29 is 26.4 Å². The predicted octanol–water partition coefficient (Wildman–Crippen LogP) is 4.49. The molecule has 0 heterocycles. The number of benzene rings is 2. The minimum Gasteiger partial charge on any atom is -0.326 e. The van der Waals surface area contributed by atoms with E-state index in [0.717, 1.165) is 12.1 Å². The highest BCUT2D eigenvalue weighted by atomic mass is 32.2. The average Bonchev–Trinajstić information content (AvgIpc) is 2.53. The van der Waals surface area contributed by atoms with Gasteiger partial charge in [0.25, 0.3) is 10.0 Å². The lowest BCUT2D eigenvalue weighted by Crippen LogP contribution is -2.27. The van der Waals surface area contributed by atoms with E-state index in [4.69, 9.17) is 0 Å². The van der Waals surface area contributed by atoms with E-state index in [1.807, 2.05) is 0 Å². The summed E-state index contributed by atoms with van der Waals surface area (Å²) in [5.41, 5.74) is -1.59. The van der Waals surface area contributed by atoms with E-state index in [-0.39, 0.29) is 22.2 Å². The van der Waals surface area contributed by atoms with Gasteiger partial charge in [0, 0.05) is 16.8 Å². The van der Waals surface area contributed by atoms with Crippen LogP contribution in [0.4, 0.5) is 24.5 Å². The van der Waals surface area contributed by atoms with Crippen molar-refractivity contribution in [1.29, 1.82) is 0 Å². The number of nitrogens with one attached hydrogen (secondary N) is 2. The zero-order valence-electron chi connectivity index (χ0n) is 14.9. The lowest BCUT2D eigenvalue weighted by atomic mass is 9.95. The number of rotatable bonds is 4. The van der Waals surface area contributed by atoms with E-state index in [1.54, 1.807) is 20.8 Å². The summed E-state index contributed by atoms with van der Waals surface area (Å²) < 4.78 is 65.4. The fourth-order valence-electron chi connectivity index (χ4n) is 2.03. The number of amides is 1. The molecule has 0 bridgehead atoms. The number of carbonyl (C=O) groups excluding carboxylic acids is 1. The Hall–Kier alpha value is -2.55. The molecule has 0 radical (unpaired) electrons. The van der Waals surface area contributed by atoms with Crippen LogP contribution in [0.3, 0.4) is 0 Å². The van der Waals surface area contributed by atoms with Gasteiger partial charge in [-0.1, -0.05) is 32.9 Å².